The first kappa shape index (κ1) is 16.8. The predicted molar refractivity (Wildman–Crippen MR) is 101 cm³/mol. The number of pyridine rings is 2. The molecule has 134 valence electrons. The third-order valence-electron chi connectivity index (χ3n) is 5.17. The number of nitrogens with zero attached hydrogens (tertiary/aromatic N) is 5. The number of aromatic nitrogens is 4. The molecular formula is C20H23N5O. The fraction of sp³-hybridized carbons (Fsp3) is 0.400. The van der Waals surface area contributed by atoms with Gasteiger partial charge in [-0.15, -0.1) is 0 Å². The topological polar surface area (TPSA) is 63.9 Å². The summed E-state index contributed by atoms with van der Waals surface area (Å²) in [6.45, 7) is 4.07. The van der Waals surface area contributed by atoms with Gasteiger partial charge >= 0.3 is 0 Å². The van der Waals surface area contributed by atoms with E-state index in [0.717, 1.165) is 40.8 Å². The van der Waals surface area contributed by atoms with E-state index in [0.29, 0.717) is 6.42 Å². The van der Waals surface area contributed by atoms with Crippen LogP contribution < -0.4 is 0 Å². The van der Waals surface area contributed by atoms with Gasteiger partial charge in [-0.2, -0.15) is 5.10 Å². The van der Waals surface area contributed by atoms with Gasteiger partial charge in [-0.1, -0.05) is 0 Å². The molecule has 0 radical (unpaired) electrons. The Bertz CT molecular complexity index is 942. The minimum atomic E-state index is -0.0293. The SMILES string of the molecule is C[C@@H](C(=O)Cc1cc2cc(-c3cnn(C)c3)ncc2cn1)N1CCCC1. The van der Waals surface area contributed by atoms with Crippen LogP contribution in [0.3, 0.4) is 0 Å². The summed E-state index contributed by atoms with van der Waals surface area (Å²) >= 11 is 0. The highest BCUT2D eigenvalue weighted by molar-refractivity contribution is 5.88. The molecule has 0 aliphatic carbocycles. The van der Waals surface area contributed by atoms with Crippen LogP contribution in [-0.2, 0) is 18.3 Å². The minimum absolute atomic E-state index is 0.0293. The predicted octanol–water partition coefficient (Wildman–Crippen LogP) is 2.63. The quantitative estimate of drug-likeness (QED) is 0.708. The van der Waals surface area contributed by atoms with Crippen LogP contribution in [0.4, 0.5) is 0 Å². The van der Waals surface area contributed by atoms with Gasteiger partial charge in [0, 0.05) is 42.3 Å². The summed E-state index contributed by atoms with van der Waals surface area (Å²) in [5, 5.41) is 6.22. The van der Waals surface area contributed by atoms with Crippen LogP contribution in [0, 0.1) is 0 Å². The number of likely N-dealkylation sites (tertiary alicyclic amines) is 1. The number of rotatable bonds is 5. The monoisotopic (exact) mass is 349 g/mol. The molecule has 3 aromatic rings. The van der Waals surface area contributed by atoms with Gasteiger partial charge in [0.2, 0.25) is 0 Å². The number of carbonyl (C=O) groups excluding carboxylic acids is 1. The van der Waals surface area contributed by atoms with Gasteiger partial charge in [0.1, 0.15) is 0 Å². The van der Waals surface area contributed by atoms with E-state index in [4.69, 9.17) is 0 Å². The Morgan fingerprint density at radius 2 is 1.88 bits per heavy atom. The van der Waals surface area contributed by atoms with Crippen LogP contribution in [0.1, 0.15) is 25.5 Å². The van der Waals surface area contributed by atoms with Crippen LogP contribution in [0.5, 0.6) is 0 Å². The molecule has 1 aliphatic heterocycles. The van der Waals surface area contributed by atoms with Crippen LogP contribution in [0.2, 0.25) is 0 Å². The largest absolute Gasteiger partial charge is 0.298 e. The molecule has 0 aromatic carbocycles. The van der Waals surface area contributed by atoms with Crippen LogP contribution in [0.25, 0.3) is 22.0 Å². The molecule has 3 aromatic heterocycles. The maximum atomic E-state index is 12.6. The van der Waals surface area contributed by atoms with Gasteiger partial charge in [0.05, 0.1) is 24.4 Å². The summed E-state index contributed by atoms with van der Waals surface area (Å²) in [6.07, 6.45) is 10.1. The summed E-state index contributed by atoms with van der Waals surface area (Å²) in [4.78, 5) is 23.9. The number of Topliss-reactive ketones (excluding diaryl/α,β-unsaturated/α-hetero) is 1. The molecule has 0 unspecified atom stereocenters. The molecule has 1 aliphatic rings. The maximum absolute atomic E-state index is 12.6. The van der Waals surface area contributed by atoms with Crippen molar-refractivity contribution in [1.82, 2.24) is 24.6 Å². The van der Waals surface area contributed by atoms with E-state index in [9.17, 15) is 4.79 Å². The molecule has 6 nitrogen and oxygen atoms in total. The summed E-state index contributed by atoms with van der Waals surface area (Å²) < 4.78 is 1.76. The summed E-state index contributed by atoms with van der Waals surface area (Å²) in [5.41, 5.74) is 2.67. The Labute approximate surface area is 152 Å². The molecule has 0 amide bonds. The third kappa shape index (κ3) is 3.37. The first-order valence-electron chi connectivity index (χ1n) is 9.10. The fourth-order valence-corrected chi connectivity index (χ4v) is 3.55. The van der Waals surface area contributed by atoms with Crippen molar-refractivity contribution in [2.45, 2.75) is 32.2 Å². The van der Waals surface area contributed by atoms with Crippen molar-refractivity contribution in [3.8, 4) is 11.3 Å². The van der Waals surface area contributed by atoms with E-state index in [2.05, 4.69) is 20.0 Å². The van der Waals surface area contributed by atoms with Crippen molar-refractivity contribution < 1.29 is 4.79 Å². The molecule has 26 heavy (non-hydrogen) atoms. The van der Waals surface area contributed by atoms with Crippen molar-refractivity contribution in [2.24, 2.45) is 7.05 Å². The zero-order valence-electron chi connectivity index (χ0n) is 15.2. The number of hydrogen-bond donors (Lipinski definition) is 0. The van der Waals surface area contributed by atoms with Gasteiger partial charge in [0.25, 0.3) is 0 Å². The van der Waals surface area contributed by atoms with Crippen molar-refractivity contribution in [2.75, 3.05) is 13.1 Å². The number of carbonyl (C=O) groups is 1. The lowest BCUT2D eigenvalue weighted by molar-refractivity contribution is -0.122. The Hall–Kier alpha value is -2.60. The maximum Gasteiger partial charge on any atom is 0.155 e. The second kappa shape index (κ2) is 6.96. The van der Waals surface area contributed by atoms with E-state index < -0.39 is 0 Å². The average Bonchev–Trinajstić information content (AvgIpc) is 3.32. The number of aryl methyl sites for hydroxylation is 1. The highest BCUT2D eigenvalue weighted by Gasteiger charge is 2.24. The first-order valence-corrected chi connectivity index (χ1v) is 9.10. The van der Waals surface area contributed by atoms with E-state index in [1.807, 2.05) is 38.5 Å². The van der Waals surface area contributed by atoms with Gasteiger partial charge in [0.15, 0.2) is 5.78 Å². The molecule has 1 fully saturated rings. The molecule has 0 saturated carbocycles. The van der Waals surface area contributed by atoms with Gasteiger partial charge in [-0.25, -0.2) is 0 Å². The van der Waals surface area contributed by atoms with Crippen LogP contribution >= 0.6 is 0 Å². The number of fused-ring (bicyclic) bond motifs is 1. The molecule has 1 atom stereocenters. The molecule has 1 saturated heterocycles. The van der Waals surface area contributed by atoms with E-state index in [-0.39, 0.29) is 11.8 Å². The third-order valence-corrected chi connectivity index (χ3v) is 5.17. The molecule has 0 N–H and O–H groups in total. The second-order valence-corrected chi connectivity index (χ2v) is 7.06. The number of hydrogen-bond acceptors (Lipinski definition) is 5. The molecule has 6 heteroatoms. The Morgan fingerprint density at radius 3 is 2.62 bits per heavy atom. The van der Waals surface area contributed by atoms with E-state index in [1.165, 1.54) is 12.8 Å². The summed E-state index contributed by atoms with van der Waals surface area (Å²) in [6, 6.07) is 4.01. The lowest BCUT2D eigenvalue weighted by Gasteiger charge is -2.22. The minimum Gasteiger partial charge on any atom is -0.298 e. The lowest BCUT2D eigenvalue weighted by Crippen LogP contribution is -2.37. The van der Waals surface area contributed by atoms with E-state index in [1.54, 1.807) is 17.1 Å². The molecular weight excluding hydrogens is 326 g/mol. The normalized spacial score (nSPS) is 16.2. The van der Waals surface area contributed by atoms with Crippen LogP contribution in [-0.4, -0.2) is 49.6 Å². The Morgan fingerprint density at radius 1 is 1.12 bits per heavy atom. The summed E-state index contributed by atoms with van der Waals surface area (Å²) in [5.74, 6) is 0.236. The Balaban J connectivity index is 1.57. The standard InChI is InChI=1S/C20H23N5O/c1-14(25-5-3-4-6-25)20(26)9-18-7-15-8-19(17-12-23-24(2)13-17)22-11-16(15)10-21-18/h7-8,10-14H,3-6,9H2,1-2H3/t14-/m0/s1. The van der Waals surface area contributed by atoms with Crippen LogP contribution in [0.15, 0.2) is 36.9 Å². The fourth-order valence-electron chi connectivity index (χ4n) is 3.55. The van der Waals surface area contributed by atoms with Crippen molar-refractivity contribution in [3.05, 3.63) is 42.6 Å². The highest BCUT2D eigenvalue weighted by atomic mass is 16.1. The lowest BCUT2D eigenvalue weighted by atomic mass is 10.1. The second-order valence-electron chi connectivity index (χ2n) is 7.06. The van der Waals surface area contributed by atoms with Gasteiger partial charge < -0.3 is 0 Å². The zero-order chi connectivity index (χ0) is 18.1. The highest BCUT2D eigenvalue weighted by Crippen LogP contribution is 2.22. The first-order chi connectivity index (χ1) is 12.6. The molecule has 4 rings (SSSR count). The zero-order valence-corrected chi connectivity index (χ0v) is 15.2. The smallest absolute Gasteiger partial charge is 0.155 e. The molecule has 0 bridgehead atoms. The van der Waals surface area contributed by atoms with Crippen molar-refractivity contribution in [1.29, 1.82) is 0 Å². The molecule has 0 spiro atoms. The number of ketones is 1. The van der Waals surface area contributed by atoms with Gasteiger partial charge in [-0.3, -0.25) is 24.3 Å². The average molecular weight is 349 g/mol. The Kier molecular flexibility index (Phi) is 4.51. The molecule has 4 heterocycles. The van der Waals surface area contributed by atoms with E-state index >= 15 is 0 Å². The van der Waals surface area contributed by atoms with Crippen molar-refractivity contribution in [3.63, 3.8) is 0 Å². The van der Waals surface area contributed by atoms with Crippen molar-refractivity contribution >= 4 is 16.6 Å². The van der Waals surface area contributed by atoms with Gasteiger partial charge in [-0.05, 0) is 50.4 Å². The summed E-state index contributed by atoms with van der Waals surface area (Å²) in [7, 11) is 1.89.